The van der Waals surface area contributed by atoms with Crippen LogP contribution in [0.5, 0.6) is 5.75 Å². The second kappa shape index (κ2) is 40.1. The van der Waals surface area contributed by atoms with Crippen LogP contribution in [0.4, 0.5) is 0 Å². The molecule has 0 unspecified atom stereocenters. The van der Waals surface area contributed by atoms with Crippen LogP contribution >= 0.6 is 54.5 Å². The van der Waals surface area contributed by atoms with Crippen molar-refractivity contribution in [3.63, 3.8) is 0 Å². The maximum atomic E-state index is 10.1. The predicted molar refractivity (Wildman–Crippen MR) is 527 cm³/mol. The summed E-state index contributed by atoms with van der Waals surface area (Å²) in [4.78, 5) is 0. The Morgan fingerprint density at radius 2 is 0.648 bits per heavy atom. The fourth-order valence-corrected chi connectivity index (χ4v) is 21.1. The molecule has 7 aliphatic rings. The third kappa shape index (κ3) is 17.1. The monoisotopic (exact) mass is 1870 g/mol. The van der Waals surface area contributed by atoms with E-state index >= 15 is 0 Å². The van der Waals surface area contributed by atoms with Crippen molar-refractivity contribution in [3.8, 4) is 94.8 Å². The zero-order valence-corrected chi connectivity index (χ0v) is 77.2. The first-order valence-corrected chi connectivity index (χ1v) is 45.5. The molecular formula is C110H98B3Br2ILiO8. The van der Waals surface area contributed by atoms with Gasteiger partial charge in [0.05, 0.1) is 16.2 Å². The Morgan fingerprint density at radius 1 is 0.368 bits per heavy atom. The van der Waals surface area contributed by atoms with Gasteiger partial charge in [-0.05, 0) is 281 Å². The minimum atomic E-state index is -1.51. The Balaban J connectivity index is 0.000000124. The van der Waals surface area contributed by atoms with Gasteiger partial charge in [-0.25, -0.2) is 0 Å². The smallest absolute Gasteiger partial charge is 0.537 e. The summed E-state index contributed by atoms with van der Waals surface area (Å²) in [6.45, 7) is 19.5. The maximum Gasteiger partial charge on any atom is 1.00 e. The molecule has 1 heterocycles. The van der Waals surface area contributed by atoms with Gasteiger partial charge in [0.25, 0.3) is 0 Å². The normalized spacial score (nSPS) is 13.5. The number of fused-ring (bicyclic) bond motifs is 30. The van der Waals surface area contributed by atoms with Crippen molar-refractivity contribution in [2.75, 3.05) is 13.2 Å². The molecule has 0 saturated carbocycles. The number of hydrogen-bond acceptors (Lipinski definition) is 8. The van der Waals surface area contributed by atoms with Crippen molar-refractivity contribution in [1.29, 1.82) is 0 Å². The van der Waals surface area contributed by atoms with Crippen LogP contribution in [0, 0.1) is 10.5 Å². The van der Waals surface area contributed by atoms with Crippen molar-refractivity contribution in [2.45, 2.75) is 109 Å². The molecule has 1 aliphatic heterocycles. The van der Waals surface area contributed by atoms with Crippen LogP contribution < -0.4 is 29.0 Å². The van der Waals surface area contributed by atoms with Crippen molar-refractivity contribution in [2.24, 2.45) is 0 Å². The SMILES string of the molecule is Brc1cccc(-c2cccc3c2-c2ccccc2C32c3ccccc3-c3ccccc32)c1.Brc1cccc(I)c1.C1CCOC1.CC(C)OB(OC(C)C)OC(C)C.OB(O)c1cccc2c1-c1ccccc1C21c2ccccc2-c2ccccc21.O[B]Oc1cccc(-c2cccc3c2-c2ccccc2C32c3ccccc3-c3ccccc32)c1.[CH2-]CCC.[Li+]. The first-order valence-electron chi connectivity index (χ1n) is 42.9. The van der Waals surface area contributed by atoms with Crippen molar-refractivity contribution in [3.05, 3.63) is 432 Å². The summed E-state index contributed by atoms with van der Waals surface area (Å²) < 4.78 is 30.0. The van der Waals surface area contributed by atoms with Gasteiger partial charge in [0.15, 0.2) is 0 Å². The Kier molecular flexibility index (Phi) is 28.9. The molecule has 15 heteroatoms. The van der Waals surface area contributed by atoms with E-state index in [1.807, 2.05) is 90.1 Å². The summed E-state index contributed by atoms with van der Waals surface area (Å²) in [5.41, 5.74) is 35.0. The molecule has 1 fully saturated rings. The molecule has 22 rings (SSSR count). The topological polar surface area (TPSA) is 107 Å². The van der Waals surface area contributed by atoms with E-state index in [9.17, 15) is 10.0 Å². The van der Waals surface area contributed by atoms with Crippen molar-refractivity contribution >= 4 is 82.0 Å². The molecule has 0 atom stereocenters. The number of rotatable bonds is 12. The quantitative estimate of drug-likeness (QED) is 0.0631. The van der Waals surface area contributed by atoms with Crippen molar-refractivity contribution in [1.82, 2.24) is 0 Å². The van der Waals surface area contributed by atoms with Gasteiger partial charge >= 0.3 is 41.0 Å². The van der Waals surface area contributed by atoms with Crippen LogP contribution in [0.1, 0.15) is 141 Å². The van der Waals surface area contributed by atoms with Crippen LogP contribution in [-0.4, -0.2) is 68.7 Å². The number of benzene rings is 15. The van der Waals surface area contributed by atoms with Crippen molar-refractivity contribution < 1.29 is 57.3 Å². The van der Waals surface area contributed by atoms with Gasteiger partial charge in [-0.15, -0.1) is 0 Å². The van der Waals surface area contributed by atoms with E-state index in [2.05, 4.69) is 366 Å². The van der Waals surface area contributed by atoms with Crippen LogP contribution in [0.15, 0.2) is 355 Å². The van der Waals surface area contributed by atoms with E-state index in [1.165, 1.54) is 151 Å². The van der Waals surface area contributed by atoms with Gasteiger partial charge in [0, 0.05) is 44.0 Å². The Labute approximate surface area is 781 Å². The Morgan fingerprint density at radius 3 is 0.952 bits per heavy atom. The van der Waals surface area contributed by atoms with E-state index in [1.54, 1.807) is 0 Å². The molecule has 125 heavy (non-hydrogen) atoms. The molecule has 617 valence electrons. The number of ether oxygens (including phenoxy) is 1. The second-order valence-electron chi connectivity index (χ2n) is 32.5. The Bertz CT molecular complexity index is 6160. The maximum absolute atomic E-state index is 10.1. The molecule has 15 aromatic rings. The predicted octanol–water partition coefficient (Wildman–Crippen LogP) is 23.5. The van der Waals surface area contributed by atoms with Gasteiger partial charge in [0.2, 0.25) is 0 Å². The molecular weight excluding hydrogens is 1780 g/mol. The molecule has 15 aromatic carbocycles. The molecule has 0 amide bonds. The number of unbranched alkanes of at least 4 members (excludes halogenated alkanes) is 1. The van der Waals surface area contributed by atoms with E-state index < -0.39 is 19.9 Å². The summed E-state index contributed by atoms with van der Waals surface area (Å²) in [5.74, 6) is 0.607. The van der Waals surface area contributed by atoms with Gasteiger partial charge in [-0.3, -0.25) is 0 Å². The fraction of sp³-hybridized carbons (Fsp3) is 0.173. The molecule has 3 N–H and O–H groups in total. The number of halogens is 3. The van der Waals surface area contributed by atoms with E-state index in [0.717, 1.165) is 64.1 Å². The van der Waals surface area contributed by atoms with E-state index in [-0.39, 0.29) is 48.0 Å². The summed E-state index contributed by atoms with van der Waals surface area (Å²) in [7, 11) is -1.32. The summed E-state index contributed by atoms with van der Waals surface area (Å²) in [6.07, 6.45) is 5.17. The van der Waals surface area contributed by atoms with Gasteiger partial charge < -0.3 is 45.4 Å². The van der Waals surface area contributed by atoms with Crippen LogP contribution in [0.25, 0.3) is 89.0 Å². The molecule has 1 saturated heterocycles. The average Bonchev–Trinajstić information content (AvgIpc) is 1.52. The third-order valence-corrected chi connectivity index (χ3v) is 25.6. The van der Waals surface area contributed by atoms with Crippen LogP contribution in [-0.2, 0) is 34.9 Å². The fourth-order valence-electron chi connectivity index (χ4n) is 19.3. The molecule has 8 nitrogen and oxygen atoms in total. The zero-order chi connectivity index (χ0) is 86.2. The Hall–Kier alpha value is -9.70. The molecule has 1 radical (unpaired) electrons. The largest absolute Gasteiger partial charge is 1.00 e. The molecule has 6 aliphatic carbocycles. The molecule has 3 spiro atoms. The third-order valence-electron chi connectivity index (χ3n) is 24.0. The van der Waals surface area contributed by atoms with Crippen LogP contribution in [0.2, 0.25) is 0 Å². The first kappa shape index (κ1) is 90.1. The van der Waals surface area contributed by atoms with Crippen LogP contribution in [0.3, 0.4) is 0 Å². The summed E-state index contributed by atoms with van der Waals surface area (Å²) in [6, 6.07) is 123. The van der Waals surface area contributed by atoms with Gasteiger partial charge in [-0.2, -0.15) is 6.42 Å². The minimum absolute atomic E-state index is 0. The minimum Gasteiger partial charge on any atom is -0.537 e. The molecule has 0 bridgehead atoms. The molecule has 0 aromatic heterocycles. The standard InChI is InChI=1S/C31H20BO2.C31H19Br.C25H17BO2.C9H21BO3.C6H4BrI.C4H8O.C4H9.Li/c33-32-34-21-10-7-9-20(19-21)22-14-8-18-29-30(22)25-13-3-6-17-28(25)31(29)26-15-4-1-11-23(26)24-12-2-5-16-27(24)31;32-21-10-7-9-20(19-21)22-14-8-18-29-30(22)25-13-3-6-17-28(25)31(29)26-15-4-1-11-23(26)24-12-2-5-16-27(24)31;27-26(28)23-15-7-14-22-24(23)18-10-3-6-13-21(18)25(22)19-11-4-1-8-16(19)17-9-2-5-12-20(17)25;1-7(2)11-10(12-8(3)4)13-9(5)6;7-5-2-1-3-6(8)4-5;1-2-4-5-3-1;1-3-4-2;/h1-19,33H;1-19H;1-15,27-28H;7-9H,1-6H3;1-4H;1-4H2;1,3-4H2,2H3;/q;;;;;;-1;+1. The second-order valence-corrected chi connectivity index (χ2v) is 35.6. The summed E-state index contributed by atoms with van der Waals surface area (Å²) in [5, 5.41) is 29.3. The average molecular weight is 1870 g/mol. The van der Waals surface area contributed by atoms with E-state index in [0.29, 0.717) is 11.2 Å². The summed E-state index contributed by atoms with van der Waals surface area (Å²) >= 11 is 9.31. The first-order chi connectivity index (χ1) is 60.5. The van der Waals surface area contributed by atoms with Gasteiger partial charge in [0.1, 0.15) is 5.75 Å². The zero-order valence-electron chi connectivity index (χ0n) is 71.8. The van der Waals surface area contributed by atoms with E-state index in [4.69, 9.17) is 28.4 Å². The number of hydrogen-bond donors (Lipinski definition) is 3. The van der Waals surface area contributed by atoms with Gasteiger partial charge in [-0.1, -0.05) is 349 Å².